The molecule has 0 aliphatic rings. The van der Waals surface area contributed by atoms with Crippen LogP contribution in [0.5, 0.6) is 0 Å². The van der Waals surface area contributed by atoms with Crippen molar-refractivity contribution in [2.75, 3.05) is 5.32 Å². The Morgan fingerprint density at radius 1 is 1.67 bits per heavy atom. The van der Waals surface area contributed by atoms with E-state index >= 15 is 0 Å². The fourth-order valence-electron chi connectivity index (χ4n) is 0.889. The molecule has 1 N–H and O–H groups in total. The number of hydrogen-bond acceptors (Lipinski definition) is 2. The van der Waals surface area contributed by atoms with Gasteiger partial charge in [0.25, 0.3) is 0 Å². The molecule has 0 aliphatic heterocycles. The fraction of sp³-hybridized carbons (Fsp3) is 0.111. The number of hydrogen-bond donors (Lipinski definition) is 1. The van der Waals surface area contributed by atoms with E-state index in [9.17, 15) is 9.18 Å². The van der Waals surface area contributed by atoms with Gasteiger partial charge in [0.15, 0.2) is 5.82 Å². The number of benzene rings is 1. The number of carbonyl (C=O) groups is 1. The van der Waals surface area contributed by atoms with Crippen LogP contribution in [0, 0.1) is 17.1 Å². The number of nitrogens with one attached hydrogen (secondary N) is 1. The molecule has 1 amide bonds. The van der Waals surface area contributed by atoms with E-state index < -0.39 is 11.7 Å². The second-order valence-electron chi connectivity index (χ2n) is 2.61. The Bertz CT molecular complexity index is 444. The quantitative estimate of drug-likeness (QED) is 0.851. The van der Waals surface area contributed by atoms with Crippen molar-refractivity contribution in [3.63, 3.8) is 0 Å². The van der Waals surface area contributed by atoms with Gasteiger partial charge >= 0.3 is 0 Å². The van der Waals surface area contributed by atoms with Crippen molar-refractivity contribution in [2.24, 2.45) is 0 Å². The summed E-state index contributed by atoms with van der Waals surface area (Å²) in [7, 11) is 0. The molecule has 1 rings (SSSR count). The lowest BCUT2D eigenvalue weighted by atomic mass is 10.3. The first-order chi connectivity index (χ1) is 7.06. The van der Waals surface area contributed by atoms with E-state index in [4.69, 9.17) is 16.9 Å². The van der Waals surface area contributed by atoms with Gasteiger partial charge in [-0.2, -0.15) is 5.26 Å². The summed E-state index contributed by atoms with van der Waals surface area (Å²) in [6.45, 7) is 0. The van der Waals surface area contributed by atoms with Crippen LogP contribution in [0.25, 0.3) is 0 Å². The van der Waals surface area contributed by atoms with Crippen molar-refractivity contribution in [3.8, 4) is 6.07 Å². The highest BCUT2D eigenvalue weighted by Gasteiger charge is 2.12. The van der Waals surface area contributed by atoms with Crippen molar-refractivity contribution in [2.45, 2.75) is 6.42 Å². The molecule has 0 saturated carbocycles. The Morgan fingerprint density at radius 3 is 2.93 bits per heavy atom. The van der Waals surface area contributed by atoms with Gasteiger partial charge in [0, 0.05) is 4.47 Å². The summed E-state index contributed by atoms with van der Waals surface area (Å²) >= 11 is 8.65. The molecule has 1 aromatic carbocycles. The van der Waals surface area contributed by atoms with E-state index in [0.717, 1.165) is 0 Å². The summed E-state index contributed by atoms with van der Waals surface area (Å²) < 4.78 is 13.8. The zero-order valence-electron chi connectivity index (χ0n) is 7.35. The first-order valence-corrected chi connectivity index (χ1v) is 5.03. The van der Waals surface area contributed by atoms with Gasteiger partial charge in [-0.3, -0.25) is 4.79 Å². The lowest BCUT2D eigenvalue weighted by molar-refractivity contribution is -0.115. The Kier molecular flexibility index (Phi) is 4.06. The van der Waals surface area contributed by atoms with Crippen molar-refractivity contribution >= 4 is 39.1 Å². The van der Waals surface area contributed by atoms with Gasteiger partial charge in [-0.15, -0.1) is 0 Å². The molecule has 0 aromatic heterocycles. The van der Waals surface area contributed by atoms with Crippen LogP contribution in [0.2, 0.25) is 5.02 Å². The first-order valence-electron chi connectivity index (χ1n) is 3.86. The number of anilines is 1. The zero-order chi connectivity index (χ0) is 11.4. The average Bonchev–Trinajstić information content (AvgIpc) is 2.20. The molecule has 0 unspecified atom stereocenters. The van der Waals surface area contributed by atoms with Crippen LogP contribution in [0.1, 0.15) is 6.42 Å². The molecule has 0 radical (unpaired) electrons. The van der Waals surface area contributed by atoms with Crippen LogP contribution < -0.4 is 5.32 Å². The Hall–Kier alpha value is -1.12. The molecule has 78 valence electrons. The summed E-state index contributed by atoms with van der Waals surface area (Å²) in [6, 6.07) is 4.53. The summed E-state index contributed by atoms with van der Waals surface area (Å²) in [5.74, 6) is -1.30. The molecular formula is C9H5BrClFN2O. The molecular weight excluding hydrogens is 286 g/mol. The van der Waals surface area contributed by atoms with Crippen molar-refractivity contribution in [1.29, 1.82) is 5.26 Å². The van der Waals surface area contributed by atoms with Gasteiger partial charge in [0.1, 0.15) is 6.42 Å². The molecule has 0 heterocycles. The summed E-state index contributed by atoms with van der Waals surface area (Å²) in [5, 5.41) is 10.4. The maximum absolute atomic E-state index is 13.4. The van der Waals surface area contributed by atoms with Crippen LogP contribution in [-0.4, -0.2) is 5.91 Å². The molecule has 6 heteroatoms. The topological polar surface area (TPSA) is 52.9 Å². The minimum Gasteiger partial charge on any atom is -0.323 e. The third-order valence-corrected chi connectivity index (χ3v) is 2.81. The van der Waals surface area contributed by atoms with E-state index in [0.29, 0.717) is 4.47 Å². The third-order valence-electron chi connectivity index (χ3n) is 1.55. The number of nitrogens with zero attached hydrogens (tertiary/aromatic N) is 1. The predicted molar refractivity (Wildman–Crippen MR) is 58.0 cm³/mol. The molecule has 3 nitrogen and oxygen atoms in total. The average molecular weight is 292 g/mol. The van der Waals surface area contributed by atoms with E-state index in [2.05, 4.69) is 21.2 Å². The Labute approximate surface area is 99.0 Å². The second-order valence-corrected chi connectivity index (χ2v) is 3.84. The number of carbonyl (C=O) groups excluding carboxylic acids is 1. The van der Waals surface area contributed by atoms with Crippen LogP contribution >= 0.6 is 27.5 Å². The Morgan fingerprint density at radius 2 is 2.33 bits per heavy atom. The maximum atomic E-state index is 13.4. The van der Waals surface area contributed by atoms with Crippen molar-refractivity contribution < 1.29 is 9.18 Å². The lowest BCUT2D eigenvalue weighted by Gasteiger charge is -2.06. The lowest BCUT2D eigenvalue weighted by Crippen LogP contribution is -2.11. The van der Waals surface area contributed by atoms with Gasteiger partial charge in [-0.05, 0) is 28.1 Å². The van der Waals surface area contributed by atoms with Crippen LogP contribution in [0.15, 0.2) is 16.6 Å². The third kappa shape index (κ3) is 2.91. The van der Waals surface area contributed by atoms with Gasteiger partial charge in [-0.25, -0.2) is 4.39 Å². The smallest absolute Gasteiger partial charge is 0.238 e. The largest absolute Gasteiger partial charge is 0.323 e. The standard InChI is InChI=1S/C9H5BrClFN2O/c10-5-1-2-6(9(12)8(5)11)14-7(15)3-4-13/h1-2H,3H2,(H,14,15). The molecule has 0 saturated heterocycles. The van der Waals surface area contributed by atoms with Gasteiger partial charge in [0.2, 0.25) is 5.91 Å². The normalized spacial score (nSPS) is 9.47. The van der Waals surface area contributed by atoms with Crippen LogP contribution in [-0.2, 0) is 4.79 Å². The zero-order valence-corrected chi connectivity index (χ0v) is 9.69. The molecule has 0 atom stereocenters. The molecule has 0 fully saturated rings. The summed E-state index contributed by atoms with van der Waals surface area (Å²) in [5.41, 5.74) is -0.0385. The van der Waals surface area contributed by atoms with E-state index in [-0.39, 0.29) is 17.1 Å². The maximum Gasteiger partial charge on any atom is 0.238 e. The van der Waals surface area contributed by atoms with E-state index in [1.807, 2.05) is 0 Å². The monoisotopic (exact) mass is 290 g/mol. The number of halogens is 3. The van der Waals surface area contributed by atoms with Gasteiger partial charge < -0.3 is 5.32 Å². The highest BCUT2D eigenvalue weighted by Crippen LogP contribution is 2.30. The van der Waals surface area contributed by atoms with Crippen LogP contribution in [0.4, 0.5) is 10.1 Å². The van der Waals surface area contributed by atoms with E-state index in [1.165, 1.54) is 12.1 Å². The van der Waals surface area contributed by atoms with Gasteiger partial charge in [0.05, 0.1) is 16.8 Å². The number of rotatable bonds is 2. The van der Waals surface area contributed by atoms with Crippen molar-refractivity contribution in [3.05, 3.63) is 27.4 Å². The highest BCUT2D eigenvalue weighted by atomic mass is 79.9. The fourth-order valence-corrected chi connectivity index (χ4v) is 1.36. The van der Waals surface area contributed by atoms with E-state index in [1.54, 1.807) is 6.07 Å². The highest BCUT2D eigenvalue weighted by molar-refractivity contribution is 9.10. The number of amides is 1. The SMILES string of the molecule is N#CCC(=O)Nc1ccc(Br)c(Cl)c1F. The predicted octanol–water partition coefficient (Wildman–Crippen LogP) is 3.09. The Balaban J connectivity index is 2.93. The molecule has 15 heavy (non-hydrogen) atoms. The van der Waals surface area contributed by atoms with Crippen molar-refractivity contribution in [1.82, 2.24) is 0 Å². The number of nitriles is 1. The second kappa shape index (κ2) is 5.10. The molecule has 0 aliphatic carbocycles. The first kappa shape index (κ1) is 12.0. The molecule has 0 spiro atoms. The summed E-state index contributed by atoms with van der Waals surface area (Å²) in [4.78, 5) is 11.0. The minimum atomic E-state index is -0.725. The molecule has 0 bridgehead atoms. The molecule has 1 aromatic rings. The van der Waals surface area contributed by atoms with Gasteiger partial charge in [-0.1, -0.05) is 11.6 Å². The minimum absolute atomic E-state index is 0.0385. The summed E-state index contributed by atoms with van der Waals surface area (Å²) in [6.07, 6.45) is -0.326. The van der Waals surface area contributed by atoms with Crippen LogP contribution in [0.3, 0.4) is 0 Å².